The largest absolute Gasteiger partial charge is 0.274 e. The van der Waals surface area contributed by atoms with E-state index in [2.05, 4.69) is 17.6 Å². The van der Waals surface area contributed by atoms with E-state index in [0.29, 0.717) is 12.3 Å². The molecule has 0 amide bonds. The van der Waals surface area contributed by atoms with E-state index in [4.69, 9.17) is 0 Å². The first-order chi connectivity index (χ1) is 11.8. The predicted molar refractivity (Wildman–Crippen MR) is 103 cm³/mol. The zero-order valence-electron chi connectivity index (χ0n) is 13.9. The van der Waals surface area contributed by atoms with Gasteiger partial charge in [-0.3, -0.25) is 4.99 Å². The molecule has 0 spiro atoms. The Morgan fingerprint density at radius 1 is 1.00 bits per heavy atom. The Morgan fingerprint density at radius 3 is 2.29 bits per heavy atom. The van der Waals surface area contributed by atoms with Gasteiger partial charge in [0.05, 0.1) is 0 Å². The standard InChI is InChI=1S/C22H22N2/c1-2-3-4-11-16-24-22(18-23)21(20-14-9-6-10-15-20)17-19-12-7-5-8-13-19/h2,5-10,12-15,17H,1,3-4,11,16H2/b21-17+,24-22?. The van der Waals surface area contributed by atoms with Crippen molar-refractivity contribution in [1.82, 2.24) is 0 Å². The molecule has 0 aliphatic rings. The van der Waals surface area contributed by atoms with Gasteiger partial charge in [-0.05, 0) is 36.5 Å². The Labute approximate surface area is 144 Å². The summed E-state index contributed by atoms with van der Waals surface area (Å²) in [6.07, 6.45) is 6.95. The molecular weight excluding hydrogens is 292 g/mol. The molecule has 24 heavy (non-hydrogen) atoms. The van der Waals surface area contributed by atoms with E-state index < -0.39 is 0 Å². The van der Waals surface area contributed by atoms with Gasteiger partial charge >= 0.3 is 0 Å². The third-order valence-electron chi connectivity index (χ3n) is 3.64. The van der Waals surface area contributed by atoms with Gasteiger partial charge in [-0.15, -0.1) is 6.58 Å². The van der Waals surface area contributed by atoms with Gasteiger partial charge in [-0.1, -0.05) is 66.7 Å². The van der Waals surface area contributed by atoms with Crippen LogP contribution in [0.3, 0.4) is 0 Å². The fourth-order valence-corrected chi connectivity index (χ4v) is 2.39. The number of hydrogen-bond acceptors (Lipinski definition) is 2. The van der Waals surface area contributed by atoms with E-state index in [1.807, 2.05) is 72.8 Å². The van der Waals surface area contributed by atoms with E-state index in [1.165, 1.54) is 0 Å². The monoisotopic (exact) mass is 314 g/mol. The highest BCUT2D eigenvalue weighted by Gasteiger charge is 2.09. The molecule has 0 heterocycles. The number of nitriles is 1. The van der Waals surface area contributed by atoms with Gasteiger partial charge in [0, 0.05) is 12.1 Å². The maximum atomic E-state index is 9.60. The first kappa shape index (κ1) is 17.4. The van der Waals surface area contributed by atoms with Crippen LogP contribution in [0.1, 0.15) is 30.4 Å². The highest BCUT2D eigenvalue weighted by atomic mass is 14.7. The molecule has 0 aliphatic heterocycles. The lowest BCUT2D eigenvalue weighted by Gasteiger charge is -2.07. The van der Waals surface area contributed by atoms with Crippen LogP contribution in [0.5, 0.6) is 0 Å². The summed E-state index contributed by atoms with van der Waals surface area (Å²) in [4.78, 5) is 4.54. The fourth-order valence-electron chi connectivity index (χ4n) is 2.39. The van der Waals surface area contributed by atoms with E-state index in [1.54, 1.807) is 0 Å². The van der Waals surface area contributed by atoms with Crippen molar-refractivity contribution in [1.29, 1.82) is 5.26 Å². The smallest absolute Gasteiger partial charge is 0.143 e. The molecule has 0 atom stereocenters. The summed E-state index contributed by atoms with van der Waals surface area (Å²) in [6.45, 7) is 4.39. The Hall–Kier alpha value is -2.92. The molecule has 2 aromatic carbocycles. The predicted octanol–water partition coefficient (Wildman–Crippen LogP) is 5.55. The lowest BCUT2D eigenvalue weighted by molar-refractivity contribution is 0.761. The summed E-state index contributed by atoms with van der Waals surface area (Å²) in [5.41, 5.74) is 3.43. The van der Waals surface area contributed by atoms with E-state index in [9.17, 15) is 5.26 Å². The quantitative estimate of drug-likeness (QED) is 0.272. The number of nitrogens with zero attached hydrogens (tertiary/aromatic N) is 2. The van der Waals surface area contributed by atoms with Gasteiger partial charge < -0.3 is 0 Å². The van der Waals surface area contributed by atoms with Crippen LogP contribution in [-0.2, 0) is 0 Å². The van der Waals surface area contributed by atoms with Crippen LogP contribution in [0.15, 0.2) is 78.3 Å². The van der Waals surface area contributed by atoms with Crippen LogP contribution in [0.4, 0.5) is 0 Å². The van der Waals surface area contributed by atoms with Gasteiger partial charge in [-0.25, -0.2) is 0 Å². The van der Waals surface area contributed by atoms with Gasteiger partial charge in [0.25, 0.3) is 0 Å². The molecular formula is C22H22N2. The maximum Gasteiger partial charge on any atom is 0.143 e. The van der Waals surface area contributed by atoms with Crippen molar-refractivity contribution in [3.05, 3.63) is 84.4 Å². The summed E-state index contributed by atoms with van der Waals surface area (Å²) in [6, 6.07) is 22.3. The highest BCUT2D eigenvalue weighted by molar-refractivity contribution is 6.34. The molecule has 0 aliphatic carbocycles. The average molecular weight is 314 g/mol. The van der Waals surface area contributed by atoms with Crippen LogP contribution < -0.4 is 0 Å². The van der Waals surface area contributed by atoms with Crippen molar-refractivity contribution in [2.24, 2.45) is 4.99 Å². The average Bonchev–Trinajstić information content (AvgIpc) is 2.65. The molecule has 2 aromatic rings. The van der Waals surface area contributed by atoms with Gasteiger partial charge in [0.1, 0.15) is 11.8 Å². The lowest BCUT2D eigenvalue weighted by Crippen LogP contribution is -2.01. The van der Waals surface area contributed by atoms with Crippen LogP contribution >= 0.6 is 0 Å². The van der Waals surface area contributed by atoms with Crippen LogP contribution in [0.2, 0.25) is 0 Å². The van der Waals surface area contributed by atoms with E-state index >= 15 is 0 Å². The SMILES string of the molecule is C=CCCCCN=C(C#N)/C(=C/c1ccccc1)c1ccccc1. The maximum absolute atomic E-state index is 9.60. The van der Waals surface area contributed by atoms with Gasteiger partial charge in [0.15, 0.2) is 0 Å². The molecule has 0 saturated heterocycles. The van der Waals surface area contributed by atoms with E-state index in [-0.39, 0.29) is 0 Å². The van der Waals surface area contributed by atoms with Gasteiger partial charge in [0.2, 0.25) is 0 Å². The Kier molecular flexibility index (Phi) is 7.24. The third kappa shape index (κ3) is 5.37. The molecule has 0 unspecified atom stereocenters. The zero-order chi connectivity index (χ0) is 17.0. The number of allylic oxidation sites excluding steroid dienone is 2. The summed E-state index contributed by atoms with van der Waals surface area (Å²) in [7, 11) is 0. The summed E-state index contributed by atoms with van der Waals surface area (Å²) < 4.78 is 0. The number of aliphatic imine (C=N–C) groups is 1. The van der Waals surface area contributed by atoms with E-state index in [0.717, 1.165) is 36.0 Å². The topological polar surface area (TPSA) is 36.1 Å². The van der Waals surface area contributed by atoms with Crippen molar-refractivity contribution in [2.75, 3.05) is 6.54 Å². The minimum absolute atomic E-state index is 0.489. The zero-order valence-corrected chi connectivity index (χ0v) is 13.9. The minimum atomic E-state index is 0.489. The first-order valence-corrected chi connectivity index (χ1v) is 8.23. The molecule has 2 nitrogen and oxygen atoms in total. The molecule has 2 heteroatoms. The molecule has 120 valence electrons. The second-order valence-electron chi connectivity index (χ2n) is 5.46. The third-order valence-corrected chi connectivity index (χ3v) is 3.64. The minimum Gasteiger partial charge on any atom is -0.274 e. The first-order valence-electron chi connectivity index (χ1n) is 8.23. The highest BCUT2D eigenvalue weighted by Crippen LogP contribution is 2.20. The fraction of sp³-hybridized carbons (Fsp3) is 0.182. The normalized spacial score (nSPS) is 11.8. The number of hydrogen-bond donors (Lipinski definition) is 0. The summed E-state index contributed by atoms with van der Waals surface area (Å²) in [5, 5.41) is 9.60. The Balaban J connectivity index is 2.31. The van der Waals surface area contributed by atoms with Crippen molar-refractivity contribution in [3.63, 3.8) is 0 Å². The molecule has 0 aromatic heterocycles. The Morgan fingerprint density at radius 2 is 1.67 bits per heavy atom. The number of rotatable bonds is 8. The summed E-state index contributed by atoms with van der Waals surface area (Å²) >= 11 is 0. The molecule has 2 rings (SSSR count). The molecule has 0 saturated carbocycles. The van der Waals surface area contributed by atoms with Crippen LogP contribution in [0.25, 0.3) is 11.6 Å². The lowest BCUT2D eigenvalue weighted by atomic mass is 9.99. The van der Waals surface area contributed by atoms with Crippen molar-refractivity contribution < 1.29 is 0 Å². The molecule has 0 fully saturated rings. The number of unbranched alkanes of at least 4 members (excludes halogenated alkanes) is 2. The van der Waals surface area contributed by atoms with Crippen molar-refractivity contribution in [2.45, 2.75) is 19.3 Å². The Bertz CT molecular complexity index is 735. The molecule has 0 N–H and O–H groups in total. The molecule has 0 radical (unpaired) electrons. The summed E-state index contributed by atoms with van der Waals surface area (Å²) in [5.74, 6) is 0. The van der Waals surface area contributed by atoms with Crippen molar-refractivity contribution >= 4 is 17.4 Å². The second-order valence-corrected chi connectivity index (χ2v) is 5.46. The number of benzene rings is 2. The second kappa shape index (κ2) is 9.97. The molecule has 0 bridgehead atoms. The van der Waals surface area contributed by atoms with Crippen LogP contribution in [-0.4, -0.2) is 12.3 Å². The van der Waals surface area contributed by atoms with Crippen molar-refractivity contribution in [3.8, 4) is 6.07 Å². The van der Waals surface area contributed by atoms with Crippen LogP contribution in [0, 0.1) is 11.3 Å². The van der Waals surface area contributed by atoms with Gasteiger partial charge in [-0.2, -0.15) is 5.26 Å².